The van der Waals surface area contributed by atoms with Gasteiger partial charge >= 0.3 is 5.97 Å². The maximum Gasteiger partial charge on any atom is 0.302 e. The number of allylic oxidation sites excluding steroid dienone is 2. The molecule has 39 heavy (non-hydrogen) atoms. The van der Waals surface area contributed by atoms with Gasteiger partial charge in [-0.1, -0.05) is 25.0 Å². The summed E-state index contributed by atoms with van der Waals surface area (Å²) in [5.74, 6) is -3.53. The fourth-order valence-electron chi connectivity index (χ4n) is 6.70. The van der Waals surface area contributed by atoms with Crippen LogP contribution < -0.4 is 0 Å². The Labute approximate surface area is 230 Å². The van der Waals surface area contributed by atoms with Crippen LogP contribution in [0.4, 0.5) is 0 Å². The lowest BCUT2D eigenvalue weighted by molar-refractivity contribution is -0.147. The van der Waals surface area contributed by atoms with Crippen molar-refractivity contribution in [2.24, 2.45) is 17.3 Å². The topological polar surface area (TPSA) is 149 Å². The van der Waals surface area contributed by atoms with Crippen LogP contribution in [-0.4, -0.2) is 86.9 Å². The number of ether oxygens (including phenoxy) is 1. The van der Waals surface area contributed by atoms with E-state index in [0.29, 0.717) is 32.1 Å². The number of fused-ring (bicyclic) bond motifs is 2. The molecule has 0 bridgehead atoms. The number of amides is 1. The second kappa shape index (κ2) is 11.4. The van der Waals surface area contributed by atoms with Crippen molar-refractivity contribution >= 4 is 43.1 Å². The largest absolute Gasteiger partial charge is 0.461 e. The zero-order valence-corrected chi connectivity index (χ0v) is 24.3. The van der Waals surface area contributed by atoms with Gasteiger partial charge in [0, 0.05) is 31.4 Å². The van der Waals surface area contributed by atoms with Crippen molar-refractivity contribution in [1.29, 1.82) is 0 Å². The lowest BCUT2D eigenvalue weighted by Gasteiger charge is -2.31. The average molecular weight is 586 g/mol. The van der Waals surface area contributed by atoms with Gasteiger partial charge in [0.1, 0.15) is 11.9 Å². The first-order valence-electron chi connectivity index (χ1n) is 13.8. The number of carbonyl (C=O) groups is 4. The summed E-state index contributed by atoms with van der Waals surface area (Å²) >= 11 is 0. The summed E-state index contributed by atoms with van der Waals surface area (Å²) in [5.41, 5.74) is -1.14. The lowest BCUT2D eigenvalue weighted by Crippen LogP contribution is -2.48. The molecule has 10 nitrogen and oxygen atoms in total. The Balaban J connectivity index is 1.68. The molecule has 6 atom stereocenters. The van der Waals surface area contributed by atoms with Crippen LogP contribution in [-0.2, 0) is 43.6 Å². The van der Waals surface area contributed by atoms with Gasteiger partial charge in [0.15, 0.2) is 31.2 Å². The number of nitrogens with zero attached hydrogens (tertiary/aromatic N) is 1. The van der Waals surface area contributed by atoms with Gasteiger partial charge in [-0.2, -0.15) is 0 Å². The van der Waals surface area contributed by atoms with Gasteiger partial charge < -0.3 is 9.64 Å². The number of hydrogen-bond acceptors (Lipinski definition) is 9. The van der Waals surface area contributed by atoms with Gasteiger partial charge in [0.25, 0.3) is 0 Å². The SMILES string of the molecule is CC(=O)O[C@@H]1C[C@H]2C(=O)C[C@]3(C(=O)CS(C)(=O)=O)C[C@H]3/C=C\CCCCC[C@H](C3CCCS3(=O)=O)C(=O)N2C1. The molecule has 12 heteroatoms. The highest BCUT2D eigenvalue weighted by atomic mass is 32.2. The summed E-state index contributed by atoms with van der Waals surface area (Å²) in [4.78, 5) is 54.1. The van der Waals surface area contributed by atoms with Crippen LogP contribution in [0.15, 0.2) is 12.2 Å². The predicted octanol–water partition coefficient (Wildman–Crippen LogP) is 1.81. The number of esters is 1. The Morgan fingerprint density at radius 2 is 1.87 bits per heavy atom. The molecule has 0 radical (unpaired) electrons. The molecule has 1 amide bonds. The summed E-state index contributed by atoms with van der Waals surface area (Å²) in [6, 6.07) is -0.980. The Morgan fingerprint density at radius 3 is 2.51 bits per heavy atom. The van der Waals surface area contributed by atoms with E-state index in [9.17, 15) is 36.0 Å². The third-order valence-electron chi connectivity index (χ3n) is 8.72. The van der Waals surface area contributed by atoms with Crippen molar-refractivity contribution in [3.05, 3.63) is 12.2 Å². The van der Waals surface area contributed by atoms with Gasteiger partial charge in [0.2, 0.25) is 5.91 Å². The molecule has 1 aliphatic carbocycles. The van der Waals surface area contributed by atoms with Crippen LogP contribution in [0, 0.1) is 17.3 Å². The van der Waals surface area contributed by atoms with Crippen LogP contribution >= 0.6 is 0 Å². The fraction of sp³-hybridized carbons (Fsp3) is 0.778. The molecule has 0 N–H and O–H groups in total. The predicted molar refractivity (Wildman–Crippen MR) is 143 cm³/mol. The van der Waals surface area contributed by atoms with Gasteiger partial charge in [-0.15, -0.1) is 0 Å². The molecular formula is C27H39NO9S2. The number of sulfone groups is 2. The molecule has 1 unspecified atom stereocenters. The summed E-state index contributed by atoms with van der Waals surface area (Å²) in [5, 5.41) is -0.806. The highest BCUT2D eigenvalue weighted by Gasteiger charge is 2.60. The van der Waals surface area contributed by atoms with Crippen LogP contribution in [0.5, 0.6) is 0 Å². The van der Waals surface area contributed by atoms with Crippen LogP contribution in [0.2, 0.25) is 0 Å². The normalized spacial score (nSPS) is 36.3. The van der Waals surface area contributed by atoms with Gasteiger partial charge in [-0.3, -0.25) is 19.2 Å². The maximum atomic E-state index is 14.0. The van der Waals surface area contributed by atoms with E-state index < -0.39 is 77.6 Å². The second-order valence-corrected chi connectivity index (χ2v) is 16.3. The Kier molecular flexibility index (Phi) is 8.76. The van der Waals surface area contributed by atoms with Crippen molar-refractivity contribution in [3.63, 3.8) is 0 Å². The van der Waals surface area contributed by atoms with E-state index in [1.54, 1.807) is 0 Å². The summed E-state index contributed by atoms with van der Waals surface area (Å²) in [6.45, 7) is 1.22. The van der Waals surface area contributed by atoms with Gasteiger partial charge in [-0.25, -0.2) is 16.8 Å². The summed E-state index contributed by atoms with van der Waals surface area (Å²) < 4.78 is 55.0. The van der Waals surface area contributed by atoms with Crippen LogP contribution in [0.25, 0.3) is 0 Å². The molecule has 4 rings (SSSR count). The molecule has 4 aliphatic rings. The Bertz CT molecular complexity index is 1260. The highest BCUT2D eigenvalue weighted by molar-refractivity contribution is 7.92. The number of carbonyl (C=O) groups excluding carboxylic acids is 4. The lowest BCUT2D eigenvalue weighted by atomic mass is 9.88. The number of Topliss-reactive ketones (excluding diaryl/α,β-unsaturated/α-hetero) is 2. The number of hydrogen-bond donors (Lipinski definition) is 0. The molecule has 0 aromatic carbocycles. The zero-order chi connectivity index (χ0) is 28.6. The summed E-state index contributed by atoms with van der Waals surface area (Å²) in [6.07, 6.45) is 8.63. The quantitative estimate of drug-likeness (QED) is 0.348. The minimum Gasteiger partial charge on any atom is -0.461 e. The second-order valence-electron chi connectivity index (χ2n) is 11.8. The number of rotatable bonds is 5. The molecule has 218 valence electrons. The van der Waals surface area contributed by atoms with Gasteiger partial charge in [-0.05, 0) is 44.4 Å². The number of ketones is 2. The van der Waals surface area contributed by atoms with Gasteiger partial charge in [0.05, 0.1) is 29.5 Å². The minimum absolute atomic E-state index is 0.0221. The Morgan fingerprint density at radius 1 is 1.13 bits per heavy atom. The first-order chi connectivity index (χ1) is 18.2. The Hall–Kier alpha value is -2.08. The van der Waals surface area contributed by atoms with E-state index >= 15 is 0 Å². The van der Waals surface area contributed by atoms with E-state index in [0.717, 1.165) is 25.5 Å². The molecule has 3 fully saturated rings. The first kappa shape index (κ1) is 29.9. The molecule has 1 saturated carbocycles. The fourth-order valence-corrected chi connectivity index (χ4v) is 9.61. The van der Waals surface area contributed by atoms with Crippen molar-refractivity contribution < 1.29 is 40.8 Å². The molecule has 0 aromatic heterocycles. The standard InChI is InChI=1S/C27H39NO9S2/c1-18(29)37-20-13-22-23(30)15-27(25(31)17-38(2,33)34)14-19(27)9-6-4-3-5-7-10-21(26(32)28(22)16-20)24-11-8-12-39(24,35)36/h6,9,19-22,24H,3-5,7-8,10-17H2,1-2H3/b9-6-/t19-,20-,21-,22+,24?,27-/m1/s1. The minimum atomic E-state index is -3.61. The van der Waals surface area contributed by atoms with E-state index in [1.807, 2.05) is 12.2 Å². The van der Waals surface area contributed by atoms with Crippen molar-refractivity contribution in [2.45, 2.75) is 88.5 Å². The molecule has 2 saturated heterocycles. The smallest absolute Gasteiger partial charge is 0.302 e. The summed E-state index contributed by atoms with van der Waals surface area (Å²) in [7, 11) is -7.06. The maximum absolute atomic E-state index is 14.0. The third-order valence-corrected chi connectivity index (χ3v) is 11.9. The molecular weight excluding hydrogens is 546 g/mol. The zero-order valence-electron chi connectivity index (χ0n) is 22.7. The molecule has 0 spiro atoms. The third kappa shape index (κ3) is 6.81. The highest BCUT2D eigenvalue weighted by Crippen LogP contribution is 2.57. The molecule has 3 heterocycles. The van der Waals surface area contributed by atoms with Crippen molar-refractivity contribution in [3.8, 4) is 0 Å². The van der Waals surface area contributed by atoms with Crippen LogP contribution in [0.1, 0.15) is 71.1 Å². The first-order valence-corrected chi connectivity index (χ1v) is 17.6. The molecule has 3 aliphatic heterocycles. The monoisotopic (exact) mass is 585 g/mol. The van der Waals surface area contributed by atoms with Crippen LogP contribution in [0.3, 0.4) is 0 Å². The average Bonchev–Trinajstić information content (AvgIpc) is 3.15. The van der Waals surface area contributed by atoms with E-state index in [4.69, 9.17) is 4.74 Å². The molecule has 0 aromatic rings. The van der Waals surface area contributed by atoms with E-state index in [1.165, 1.54) is 11.8 Å². The van der Waals surface area contributed by atoms with E-state index in [2.05, 4.69) is 0 Å². The van der Waals surface area contributed by atoms with Crippen molar-refractivity contribution in [2.75, 3.05) is 24.3 Å². The van der Waals surface area contributed by atoms with Crippen molar-refractivity contribution in [1.82, 2.24) is 4.90 Å². The van der Waals surface area contributed by atoms with E-state index in [-0.39, 0.29) is 31.1 Å².